The molecule has 0 atom stereocenters. The van der Waals surface area contributed by atoms with Gasteiger partial charge in [0.15, 0.2) is 0 Å². The van der Waals surface area contributed by atoms with E-state index in [9.17, 15) is 0 Å². The van der Waals surface area contributed by atoms with E-state index in [0.29, 0.717) is 0 Å². The van der Waals surface area contributed by atoms with Crippen LogP contribution in [0.2, 0.25) is 0 Å². The van der Waals surface area contributed by atoms with Gasteiger partial charge in [-0.3, -0.25) is 0 Å². The van der Waals surface area contributed by atoms with Crippen LogP contribution in [0.25, 0.3) is 21.5 Å². The first-order valence-electron chi connectivity index (χ1n) is 8.69. The predicted octanol–water partition coefficient (Wildman–Crippen LogP) is 5.41. The van der Waals surface area contributed by atoms with Crippen molar-refractivity contribution in [3.05, 3.63) is 65.2 Å². The number of hydrogen-bond acceptors (Lipinski definition) is 6. The summed E-state index contributed by atoms with van der Waals surface area (Å²) in [6.45, 7) is 2.03. The number of aromatic nitrogens is 3. The molecular formula is C21H19N3OS2. The molecule has 4 nitrogen and oxygen atoms in total. The highest BCUT2D eigenvalue weighted by Gasteiger charge is 2.16. The van der Waals surface area contributed by atoms with Crippen LogP contribution < -0.4 is 4.74 Å². The summed E-state index contributed by atoms with van der Waals surface area (Å²) in [5.74, 6) is 1.76. The van der Waals surface area contributed by atoms with Crippen LogP contribution in [0, 0.1) is 6.92 Å². The molecule has 2 aromatic carbocycles. The summed E-state index contributed by atoms with van der Waals surface area (Å²) in [4.78, 5) is 4.73. The van der Waals surface area contributed by atoms with E-state index in [4.69, 9.17) is 9.72 Å². The van der Waals surface area contributed by atoms with Crippen molar-refractivity contribution >= 4 is 33.3 Å². The van der Waals surface area contributed by atoms with E-state index in [1.807, 2.05) is 37.3 Å². The zero-order chi connectivity index (χ0) is 18.6. The molecule has 0 fully saturated rings. The molecule has 0 unspecified atom stereocenters. The standard InChI is InChI=1S/C21H19N3OS2/c1-14-22-19-20(27-14)18(16-9-6-10-17(13-16)25-2)23-24-21(19)26-12-11-15-7-4-3-5-8-15/h3-10,13H,11-12H2,1-2H3. The van der Waals surface area contributed by atoms with E-state index in [-0.39, 0.29) is 0 Å². The topological polar surface area (TPSA) is 47.9 Å². The Bertz CT molecular complexity index is 1060. The largest absolute Gasteiger partial charge is 0.497 e. The third-order valence-electron chi connectivity index (χ3n) is 4.21. The summed E-state index contributed by atoms with van der Waals surface area (Å²) in [5, 5.41) is 11.0. The number of ether oxygens (including phenoxy) is 1. The van der Waals surface area contributed by atoms with E-state index < -0.39 is 0 Å². The zero-order valence-electron chi connectivity index (χ0n) is 15.2. The van der Waals surface area contributed by atoms with E-state index in [0.717, 1.165) is 49.4 Å². The van der Waals surface area contributed by atoms with Crippen LogP contribution in [0.15, 0.2) is 59.6 Å². The van der Waals surface area contributed by atoms with Crippen molar-refractivity contribution in [3.63, 3.8) is 0 Å². The lowest BCUT2D eigenvalue weighted by molar-refractivity contribution is 0.415. The summed E-state index contributed by atoms with van der Waals surface area (Å²) in [7, 11) is 1.67. The quantitative estimate of drug-likeness (QED) is 0.410. The molecule has 0 aliphatic heterocycles. The fourth-order valence-electron chi connectivity index (χ4n) is 2.89. The molecule has 0 aliphatic carbocycles. The maximum absolute atomic E-state index is 5.35. The summed E-state index contributed by atoms with van der Waals surface area (Å²) >= 11 is 3.38. The lowest BCUT2D eigenvalue weighted by atomic mass is 10.1. The first-order chi connectivity index (χ1) is 13.2. The maximum Gasteiger partial charge on any atom is 0.146 e. The fourth-order valence-corrected chi connectivity index (χ4v) is 4.79. The summed E-state index contributed by atoms with van der Waals surface area (Å²) < 4.78 is 6.43. The monoisotopic (exact) mass is 393 g/mol. The van der Waals surface area contributed by atoms with Gasteiger partial charge in [0.25, 0.3) is 0 Å². The van der Waals surface area contributed by atoms with Gasteiger partial charge < -0.3 is 4.74 Å². The normalized spacial score (nSPS) is 11.0. The van der Waals surface area contributed by atoms with Crippen molar-refractivity contribution in [3.8, 4) is 17.0 Å². The van der Waals surface area contributed by atoms with Gasteiger partial charge in [0.05, 0.1) is 16.8 Å². The van der Waals surface area contributed by atoms with Crippen LogP contribution in [0.4, 0.5) is 0 Å². The number of methoxy groups -OCH3 is 1. The molecule has 0 N–H and O–H groups in total. The van der Waals surface area contributed by atoms with Gasteiger partial charge in [-0.15, -0.1) is 33.3 Å². The van der Waals surface area contributed by atoms with Gasteiger partial charge in [-0.2, -0.15) is 0 Å². The summed E-state index contributed by atoms with van der Waals surface area (Å²) in [6, 6.07) is 18.4. The number of benzene rings is 2. The Kier molecular flexibility index (Phi) is 5.36. The summed E-state index contributed by atoms with van der Waals surface area (Å²) in [5.41, 5.74) is 4.14. The van der Waals surface area contributed by atoms with Crippen molar-refractivity contribution in [2.24, 2.45) is 0 Å². The maximum atomic E-state index is 5.35. The number of rotatable bonds is 6. The number of hydrogen-bond donors (Lipinski definition) is 0. The lowest BCUT2D eigenvalue weighted by Gasteiger charge is -2.06. The van der Waals surface area contributed by atoms with Crippen molar-refractivity contribution in [2.75, 3.05) is 12.9 Å². The van der Waals surface area contributed by atoms with Crippen molar-refractivity contribution in [2.45, 2.75) is 18.4 Å². The Balaban J connectivity index is 1.64. The van der Waals surface area contributed by atoms with Crippen molar-refractivity contribution in [1.29, 1.82) is 0 Å². The molecule has 0 aliphatic rings. The number of fused-ring (bicyclic) bond motifs is 1. The number of thioether (sulfide) groups is 1. The first kappa shape index (κ1) is 17.9. The second-order valence-corrected chi connectivity index (χ2v) is 8.37. The fraction of sp³-hybridized carbons (Fsp3) is 0.190. The highest BCUT2D eigenvalue weighted by atomic mass is 32.2. The minimum absolute atomic E-state index is 0.810. The molecule has 2 aromatic heterocycles. The van der Waals surface area contributed by atoms with Gasteiger partial charge in [0, 0.05) is 11.3 Å². The molecule has 0 spiro atoms. The molecule has 27 heavy (non-hydrogen) atoms. The lowest BCUT2D eigenvalue weighted by Crippen LogP contribution is -1.95. The highest BCUT2D eigenvalue weighted by molar-refractivity contribution is 7.99. The third-order valence-corrected chi connectivity index (χ3v) is 6.14. The minimum Gasteiger partial charge on any atom is -0.497 e. The molecule has 0 bridgehead atoms. The Labute approximate surface area is 166 Å². The third kappa shape index (κ3) is 3.96. The van der Waals surface area contributed by atoms with E-state index in [1.165, 1.54) is 5.56 Å². The van der Waals surface area contributed by atoms with Gasteiger partial charge in [-0.25, -0.2) is 4.98 Å². The van der Waals surface area contributed by atoms with Crippen LogP contribution in [0.3, 0.4) is 0 Å². The van der Waals surface area contributed by atoms with Gasteiger partial charge in [-0.05, 0) is 31.0 Å². The molecule has 136 valence electrons. The minimum atomic E-state index is 0.810. The molecule has 4 aromatic rings. The van der Waals surface area contributed by atoms with Crippen LogP contribution in [0.1, 0.15) is 10.6 Å². The second kappa shape index (κ2) is 8.06. The van der Waals surface area contributed by atoms with E-state index >= 15 is 0 Å². The Morgan fingerprint density at radius 1 is 1.04 bits per heavy atom. The molecule has 6 heteroatoms. The van der Waals surface area contributed by atoms with Gasteiger partial charge >= 0.3 is 0 Å². The van der Waals surface area contributed by atoms with Gasteiger partial charge in [0.1, 0.15) is 22.0 Å². The summed E-state index contributed by atoms with van der Waals surface area (Å²) in [6.07, 6.45) is 0.995. The van der Waals surface area contributed by atoms with Gasteiger partial charge in [0.2, 0.25) is 0 Å². The zero-order valence-corrected chi connectivity index (χ0v) is 16.8. The SMILES string of the molecule is COc1cccc(-c2nnc(SCCc3ccccc3)c3nc(C)sc23)c1. The Morgan fingerprint density at radius 3 is 2.70 bits per heavy atom. The van der Waals surface area contributed by atoms with Crippen LogP contribution in [-0.4, -0.2) is 28.0 Å². The van der Waals surface area contributed by atoms with E-state index in [2.05, 4.69) is 34.5 Å². The van der Waals surface area contributed by atoms with E-state index in [1.54, 1.807) is 30.2 Å². The molecule has 0 saturated heterocycles. The molecule has 0 amide bonds. The number of thiazole rings is 1. The second-order valence-electron chi connectivity index (χ2n) is 6.08. The highest BCUT2D eigenvalue weighted by Crippen LogP contribution is 2.36. The Hall–Kier alpha value is -2.44. The average molecular weight is 394 g/mol. The first-order valence-corrected chi connectivity index (χ1v) is 10.5. The number of nitrogens with zero attached hydrogens (tertiary/aromatic N) is 3. The van der Waals surface area contributed by atoms with Crippen LogP contribution >= 0.6 is 23.1 Å². The van der Waals surface area contributed by atoms with Crippen LogP contribution in [-0.2, 0) is 6.42 Å². The van der Waals surface area contributed by atoms with Crippen LogP contribution in [0.5, 0.6) is 5.75 Å². The molecule has 2 heterocycles. The molecule has 0 saturated carbocycles. The number of aryl methyl sites for hydroxylation is 2. The average Bonchev–Trinajstić information content (AvgIpc) is 3.10. The smallest absolute Gasteiger partial charge is 0.146 e. The molecule has 0 radical (unpaired) electrons. The van der Waals surface area contributed by atoms with Crippen molar-refractivity contribution in [1.82, 2.24) is 15.2 Å². The molecular weight excluding hydrogens is 374 g/mol. The predicted molar refractivity (Wildman–Crippen MR) is 113 cm³/mol. The van der Waals surface area contributed by atoms with Crippen molar-refractivity contribution < 1.29 is 4.74 Å². The Morgan fingerprint density at radius 2 is 1.89 bits per heavy atom. The molecule has 4 rings (SSSR count). The van der Waals surface area contributed by atoms with Gasteiger partial charge in [-0.1, -0.05) is 42.5 Å².